The number of rotatable bonds is 3. The highest BCUT2D eigenvalue weighted by Crippen LogP contribution is 2.34. The molecule has 4 heteroatoms. The van der Waals surface area contributed by atoms with Gasteiger partial charge in [0.05, 0.1) is 30.0 Å². The molecule has 0 aliphatic carbocycles. The highest BCUT2D eigenvalue weighted by molar-refractivity contribution is 6.33. The van der Waals surface area contributed by atoms with Crippen LogP contribution < -0.4 is 4.90 Å². The fourth-order valence-corrected chi connectivity index (χ4v) is 2.78. The molecule has 1 aliphatic heterocycles. The molecule has 1 aliphatic rings. The van der Waals surface area contributed by atoms with Crippen molar-refractivity contribution in [3.05, 3.63) is 28.8 Å². The zero-order valence-electron chi connectivity index (χ0n) is 9.93. The van der Waals surface area contributed by atoms with Crippen LogP contribution in [0, 0.1) is 5.92 Å². The second-order valence-corrected chi connectivity index (χ2v) is 5.06. The number of nitrogens with zero attached hydrogens (tertiary/aromatic N) is 1. The van der Waals surface area contributed by atoms with Crippen molar-refractivity contribution in [2.75, 3.05) is 18.1 Å². The summed E-state index contributed by atoms with van der Waals surface area (Å²) in [6.45, 7) is 3.22. The number of hydrogen-bond donors (Lipinski definition) is 2. The van der Waals surface area contributed by atoms with Gasteiger partial charge in [-0.15, -0.1) is 0 Å². The van der Waals surface area contributed by atoms with Crippen molar-refractivity contribution in [1.29, 1.82) is 0 Å². The molecule has 1 fully saturated rings. The third kappa shape index (κ3) is 2.41. The van der Waals surface area contributed by atoms with Gasteiger partial charge >= 0.3 is 0 Å². The summed E-state index contributed by atoms with van der Waals surface area (Å²) in [6.07, 6.45) is 1.07. The van der Waals surface area contributed by atoms with Crippen molar-refractivity contribution < 1.29 is 10.2 Å². The van der Waals surface area contributed by atoms with Gasteiger partial charge < -0.3 is 15.1 Å². The van der Waals surface area contributed by atoms with Crippen LogP contribution in [-0.4, -0.2) is 29.4 Å². The molecular formula is C13H18ClNO2. The molecule has 0 saturated carbocycles. The van der Waals surface area contributed by atoms with E-state index >= 15 is 0 Å². The van der Waals surface area contributed by atoms with E-state index in [1.165, 1.54) is 0 Å². The van der Waals surface area contributed by atoms with Gasteiger partial charge in [0, 0.05) is 6.54 Å². The highest BCUT2D eigenvalue weighted by Gasteiger charge is 2.31. The maximum atomic E-state index is 9.44. The van der Waals surface area contributed by atoms with Crippen LogP contribution in [-0.2, 0) is 6.61 Å². The zero-order valence-corrected chi connectivity index (χ0v) is 10.7. The molecule has 1 heterocycles. The van der Waals surface area contributed by atoms with Crippen LogP contribution in [0.1, 0.15) is 18.9 Å². The Balaban J connectivity index is 2.28. The van der Waals surface area contributed by atoms with E-state index in [2.05, 4.69) is 11.8 Å². The third-order valence-corrected chi connectivity index (χ3v) is 3.88. The lowest BCUT2D eigenvalue weighted by Gasteiger charge is -2.28. The Morgan fingerprint density at radius 1 is 1.41 bits per heavy atom. The molecule has 94 valence electrons. The topological polar surface area (TPSA) is 43.7 Å². The first-order valence-electron chi connectivity index (χ1n) is 5.94. The van der Waals surface area contributed by atoms with Crippen LogP contribution in [0.4, 0.5) is 5.69 Å². The van der Waals surface area contributed by atoms with E-state index in [-0.39, 0.29) is 19.3 Å². The van der Waals surface area contributed by atoms with Gasteiger partial charge in [0.1, 0.15) is 0 Å². The summed E-state index contributed by atoms with van der Waals surface area (Å²) >= 11 is 6.22. The summed E-state index contributed by atoms with van der Waals surface area (Å²) in [6, 6.07) is 5.73. The predicted octanol–water partition coefficient (Wildman–Crippen LogP) is 2.04. The lowest BCUT2D eigenvalue weighted by Crippen LogP contribution is -2.35. The van der Waals surface area contributed by atoms with E-state index in [4.69, 9.17) is 16.7 Å². The fourth-order valence-electron chi connectivity index (χ4n) is 2.47. The molecule has 17 heavy (non-hydrogen) atoms. The molecular weight excluding hydrogens is 238 g/mol. The molecule has 0 spiro atoms. The van der Waals surface area contributed by atoms with Gasteiger partial charge in [-0.2, -0.15) is 0 Å². The summed E-state index contributed by atoms with van der Waals surface area (Å²) in [7, 11) is 0. The summed E-state index contributed by atoms with van der Waals surface area (Å²) in [5.74, 6) is 0.480. The summed E-state index contributed by atoms with van der Waals surface area (Å²) in [4.78, 5) is 2.16. The normalized spacial score (nSPS) is 24.4. The van der Waals surface area contributed by atoms with E-state index in [9.17, 15) is 5.11 Å². The molecule has 2 rings (SSSR count). The largest absolute Gasteiger partial charge is 0.394 e. The quantitative estimate of drug-likeness (QED) is 0.869. The van der Waals surface area contributed by atoms with E-state index in [0.29, 0.717) is 10.9 Å². The summed E-state index contributed by atoms with van der Waals surface area (Å²) in [5, 5.41) is 19.1. The Kier molecular flexibility index (Phi) is 3.92. The average molecular weight is 256 g/mol. The lowest BCUT2D eigenvalue weighted by atomic mass is 10.0. The van der Waals surface area contributed by atoms with Crippen molar-refractivity contribution >= 4 is 17.3 Å². The Morgan fingerprint density at radius 3 is 2.76 bits per heavy atom. The van der Waals surface area contributed by atoms with Crippen LogP contribution in [0.15, 0.2) is 18.2 Å². The van der Waals surface area contributed by atoms with Crippen LogP contribution >= 0.6 is 11.6 Å². The van der Waals surface area contributed by atoms with Gasteiger partial charge in [-0.05, 0) is 30.0 Å². The van der Waals surface area contributed by atoms with Crippen molar-refractivity contribution in [3.63, 3.8) is 0 Å². The third-order valence-electron chi connectivity index (χ3n) is 3.57. The number of halogens is 1. The van der Waals surface area contributed by atoms with Crippen LogP contribution in [0.2, 0.25) is 5.02 Å². The first kappa shape index (κ1) is 12.7. The predicted molar refractivity (Wildman–Crippen MR) is 69.4 cm³/mol. The van der Waals surface area contributed by atoms with E-state index in [1.807, 2.05) is 12.1 Å². The molecule has 2 unspecified atom stereocenters. The van der Waals surface area contributed by atoms with Crippen LogP contribution in [0.5, 0.6) is 0 Å². The molecule has 0 bridgehead atoms. The molecule has 0 amide bonds. The van der Waals surface area contributed by atoms with Crippen LogP contribution in [0.3, 0.4) is 0 Å². The average Bonchev–Trinajstić information content (AvgIpc) is 2.70. The summed E-state index contributed by atoms with van der Waals surface area (Å²) < 4.78 is 0. The number of aliphatic hydroxyl groups is 2. The molecule has 0 aromatic heterocycles. The van der Waals surface area contributed by atoms with Gasteiger partial charge in [0.15, 0.2) is 0 Å². The molecule has 0 radical (unpaired) electrons. The molecule has 2 N–H and O–H groups in total. The Labute approximate surface area is 107 Å². The van der Waals surface area contributed by atoms with E-state index in [1.54, 1.807) is 6.07 Å². The molecule has 1 saturated heterocycles. The van der Waals surface area contributed by atoms with Gasteiger partial charge in [0.2, 0.25) is 0 Å². The second kappa shape index (κ2) is 5.25. The monoisotopic (exact) mass is 255 g/mol. The molecule has 1 aromatic rings. The Bertz CT molecular complexity index is 397. The van der Waals surface area contributed by atoms with Crippen molar-refractivity contribution in [1.82, 2.24) is 0 Å². The molecule has 1 aromatic carbocycles. The molecule has 3 nitrogen and oxygen atoms in total. The standard InChI is InChI=1S/C13H18ClNO2/c1-9-4-5-15(13(9)8-17)12-3-2-10(7-16)6-11(12)14/h2-3,6,9,13,16-17H,4-5,7-8H2,1H3. The Morgan fingerprint density at radius 2 is 2.18 bits per heavy atom. The number of hydrogen-bond acceptors (Lipinski definition) is 3. The first-order valence-corrected chi connectivity index (χ1v) is 6.32. The van der Waals surface area contributed by atoms with Gasteiger partial charge in [-0.1, -0.05) is 24.6 Å². The first-order chi connectivity index (χ1) is 8.17. The minimum atomic E-state index is -0.000167. The number of anilines is 1. The lowest BCUT2D eigenvalue weighted by molar-refractivity contribution is 0.244. The maximum Gasteiger partial charge on any atom is 0.0682 e. The van der Waals surface area contributed by atoms with Crippen molar-refractivity contribution in [2.45, 2.75) is 26.0 Å². The number of benzene rings is 1. The van der Waals surface area contributed by atoms with Crippen LogP contribution in [0.25, 0.3) is 0 Å². The second-order valence-electron chi connectivity index (χ2n) is 4.65. The molecule has 2 atom stereocenters. The minimum Gasteiger partial charge on any atom is -0.394 e. The maximum absolute atomic E-state index is 9.44. The van der Waals surface area contributed by atoms with Crippen molar-refractivity contribution in [3.8, 4) is 0 Å². The number of aliphatic hydroxyl groups excluding tert-OH is 2. The Hall–Kier alpha value is -0.770. The minimum absolute atomic E-state index is 0.000167. The van der Waals surface area contributed by atoms with Gasteiger partial charge in [-0.3, -0.25) is 0 Å². The van der Waals surface area contributed by atoms with Crippen molar-refractivity contribution in [2.24, 2.45) is 5.92 Å². The van der Waals surface area contributed by atoms with Gasteiger partial charge in [-0.25, -0.2) is 0 Å². The SMILES string of the molecule is CC1CCN(c2ccc(CO)cc2Cl)C1CO. The van der Waals surface area contributed by atoms with E-state index < -0.39 is 0 Å². The van der Waals surface area contributed by atoms with E-state index in [0.717, 1.165) is 24.2 Å². The zero-order chi connectivity index (χ0) is 12.4. The fraction of sp³-hybridized carbons (Fsp3) is 0.538. The summed E-state index contributed by atoms with van der Waals surface area (Å²) in [5.41, 5.74) is 1.76. The smallest absolute Gasteiger partial charge is 0.0682 e. The van der Waals surface area contributed by atoms with Gasteiger partial charge in [0.25, 0.3) is 0 Å². The highest BCUT2D eigenvalue weighted by atomic mass is 35.5.